The Bertz CT molecular complexity index is 437. The van der Waals surface area contributed by atoms with Crippen molar-refractivity contribution in [3.05, 3.63) is 30.3 Å². The first-order valence-corrected chi connectivity index (χ1v) is 7.78. The Morgan fingerprint density at radius 3 is 2.57 bits per heavy atom. The van der Waals surface area contributed by atoms with Crippen molar-refractivity contribution in [3.8, 4) is 5.75 Å². The van der Waals surface area contributed by atoms with E-state index in [0.717, 1.165) is 18.7 Å². The number of carbonyl (C=O) groups excluding carboxylic acids is 1. The summed E-state index contributed by atoms with van der Waals surface area (Å²) in [5, 5.41) is 0. The quantitative estimate of drug-likeness (QED) is 0.533. The van der Waals surface area contributed by atoms with Gasteiger partial charge in [-0.1, -0.05) is 37.3 Å². The second-order valence-corrected chi connectivity index (χ2v) is 5.39. The summed E-state index contributed by atoms with van der Waals surface area (Å²) in [4.78, 5) is 14.4. The van der Waals surface area contributed by atoms with Gasteiger partial charge in [0.05, 0.1) is 11.6 Å². The first kappa shape index (κ1) is 17.4. The number of ether oxygens (including phenoxy) is 1. The smallest absolute Gasteiger partial charge is 0.222 e. The van der Waals surface area contributed by atoms with E-state index in [9.17, 15) is 4.79 Å². The Hall–Kier alpha value is -1.62. The lowest BCUT2D eigenvalue weighted by Gasteiger charge is -2.22. The minimum Gasteiger partial charge on any atom is -0.494 e. The number of rotatable bonds is 10. The van der Waals surface area contributed by atoms with Crippen molar-refractivity contribution in [1.82, 2.24) is 4.90 Å². The minimum atomic E-state index is 0.143. The second-order valence-electron chi connectivity index (χ2n) is 4.86. The van der Waals surface area contributed by atoms with Crippen LogP contribution in [0.15, 0.2) is 30.3 Å². The van der Waals surface area contributed by atoms with Crippen molar-refractivity contribution >= 4 is 23.1 Å². The Kier molecular flexibility index (Phi) is 8.43. The van der Waals surface area contributed by atoms with Gasteiger partial charge >= 0.3 is 0 Å². The second kappa shape index (κ2) is 10.2. The van der Waals surface area contributed by atoms with E-state index in [0.29, 0.717) is 37.4 Å². The van der Waals surface area contributed by atoms with Crippen molar-refractivity contribution in [2.45, 2.75) is 32.6 Å². The molecule has 0 bridgehead atoms. The van der Waals surface area contributed by atoms with Crippen LogP contribution in [0, 0.1) is 0 Å². The molecule has 0 radical (unpaired) electrons. The highest BCUT2D eigenvalue weighted by Gasteiger charge is 2.12. The predicted octanol–water partition coefficient (Wildman–Crippen LogP) is 2.76. The molecule has 2 N–H and O–H groups in total. The summed E-state index contributed by atoms with van der Waals surface area (Å²) >= 11 is 4.86. The van der Waals surface area contributed by atoms with Crippen molar-refractivity contribution in [3.63, 3.8) is 0 Å². The lowest BCUT2D eigenvalue weighted by atomic mass is 10.2. The molecular formula is C16H24N2O2S. The average Bonchev–Trinajstić information content (AvgIpc) is 2.48. The normalized spacial score (nSPS) is 10.1. The monoisotopic (exact) mass is 308 g/mol. The number of amides is 1. The molecule has 1 amide bonds. The van der Waals surface area contributed by atoms with Crippen LogP contribution in [0.25, 0.3) is 0 Å². The molecule has 1 rings (SSSR count). The van der Waals surface area contributed by atoms with E-state index < -0.39 is 0 Å². The van der Waals surface area contributed by atoms with E-state index in [1.807, 2.05) is 35.2 Å². The molecule has 0 atom stereocenters. The highest BCUT2D eigenvalue weighted by atomic mass is 32.1. The summed E-state index contributed by atoms with van der Waals surface area (Å²) < 4.78 is 5.58. The summed E-state index contributed by atoms with van der Waals surface area (Å²) in [6, 6.07) is 9.63. The lowest BCUT2D eigenvalue weighted by molar-refractivity contribution is -0.131. The summed E-state index contributed by atoms with van der Waals surface area (Å²) in [5.74, 6) is 0.980. The summed E-state index contributed by atoms with van der Waals surface area (Å²) in [5.41, 5.74) is 5.50. The molecule has 1 aromatic rings. The molecule has 5 heteroatoms. The zero-order chi connectivity index (χ0) is 15.5. The number of thiocarbonyl (C=S) groups is 1. The van der Waals surface area contributed by atoms with E-state index >= 15 is 0 Å². The van der Waals surface area contributed by atoms with Gasteiger partial charge in [0.15, 0.2) is 0 Å². The number of nitrogens with zero attached hydrogens (tertiary/aromatic N) is 1. The van der Waals surface area contributed by atoms with E-state index in [1.54, 1.807) is 0 Å². The van der Waals surface area contributed by atoms with E-state index in [-0.39, 0.29) is 5.91 Å². The maximum Gasteiger partial charge on any atom is 0.222 e. The molecule has 0 aliphatic rings. The SMILES string of the molecule is CCCN(CCC(N)=S)C(=O)CCCOc1ccccc1. The van der Waals surface area contributed by atoms with Crippen LogP contribution in [0.5, 0.6) is 5.75 Å². The third-order valence-corrected chi connectivity index (χ3v) is 3.23. The number of benzene rings is 1. The fourth-order valence-electron chi connectivity index (χ4n) is 1.96. The van der Waals surface area contributed by atoms with Crippen LogP contribution in [0.4, 0.5) is 0 Å². The molecule has 116 valence electrons. The van der Waals surface area contributed by atoms with Gasteiger partial charge in [-0.25, -0.2) is 0 Å². The molecule has 0 aliphatic carbocycles. The summed E-state index contributed by atoms with van der Waals surface area (Å²) in [6.45, 7) is 3.97. The van der Waals surface area contributed by atoms with Crippen LogP contribution in [0.1, 0.15) is 32.6 Å². The first-order valence-electron chi connectivity index (χ1n) is 7.37. The molecule has 0 aromatic heterocycles. The van der Waals surface area contributed by atoms with Crippen molar-refractivity contribution in [2.24, 2.45) is 5.73 Å². The van der Waals surface area contributed by atoms with Crippen LogP contribution in [0.3, 0.4) is 0 Å². The number of hydrogen-bond acceptors (Lipinski definition) is 3. The predicted molar refractivity (Wildman–Crippen MR) is 89.4 cm³/mol. The van der Waals surface area contributed by atoms with Crippen LogP contribution in [-0.4, -0.2) is 35.5 Å². The number of carbonyl (C=O) groups is 1. The third-order valence-electron chi connectivity index (χ3n) is 3.02. The maximum absolute atomic E-state index is 12.1. The fourth-order valence-corrected chi connectivity index (χ4v) is 2.06. The van der Waals surface area contributed by atoms with Crippen LogP contribution < -0.4 is 10.5 Å². The zero-order valence-electron chi connectivity index (χ0n) is 12.6. The van der Waals surface area contributed by atoms with Gasteiger partial charge in [0.25, 0.3) is 0 Å². The van der Waals surface area contributed by atoms with Crippen LogP contribution in [0.2, 0.25) is 0 Å². The summed E-state index contributed by atoms with van der Waals surface area (Å²) in [6.07, 6.45) is 2.72. The van der Waals surface area contributed by atoms with Crippen molar-refractivity contribution in [2.75, 3.05) is 19.7 Å². The largest absolute Gasteiger partial charge is 0.494 e. The van der Waals surface area contributed by atoms with Crippen molar-refractivity contribution < 1.29 is 9.53 Å². The topological polar surface area (TPSA) is 55.6 Å². The number of hydrogen-bond donors (Lipinski definition) is 1. The molecule has 0 unspecified atom stereocenters. The number of nitrogens with two attached hydrogens (primary N) is 1. The van der Waals surface area contributed by atoms with Crippen LogP contribution >= 0.6 is 12.2 Å². The molecule has 21 heavy (non-hydrogen) atoms. The van der Waals surface area contributed by atoms with E-state index in [1.165, 1.54) is 0 Å². The third kappa shape index (κ3) is 7.66. The van der Waals surface area contributed by atoms with E-state index in [2.05, 4.69) is 6.92 Å². The zero-order valence-corrected chi connectivity index (χ0v) is 13.4. The Morgan fingerprint density at radius 1 is 1.24 bits per heavy atom. The Morgan fingerprint density at radius 2 is 1.95 bits per heavy atom. The van der Waals surface area contributed by atoms with E-state index in [4.69, 9.17) is 22.7 Å². The fraction of sp³-hybridized carbons (Fsp3) is 0.500. The lowest BCUT2D eigenvalue weighted by Crippen LogP contribution is -2.34. The molecule has 0 saturated heterocycles. The molecule has 0 spiro atoms. The first-order chi connectivity index (χ1) is 10.1. The van der Waals surface area contributed by atoms with Gasteiger partial charge in [0, 0.05) is 25.9 Å². The minimum absolute atomic E-state index is 0.143. The molecule has 0 saturated carbocycles. The maximum atomic E-state index is 12.1. The van der Waals surface area contributed by atoms with Gasteiger partial charge in [-0.3, -0.25) is 4.79 Å². The van der Waals surface area contributed by atoms with Gasteiger partial charge in [0.2, 0.25) is 5.91 Å². The highest BCUT2D eigenvalue weighted by molar-refractivity contribution is 7.80. The van der Waals surface area contributed by atoms with Gasteiger partial charge in [-0.05, 0) is 25.0 Å². The Balaban J connectivity index is 2.27. The van der Waals surface area contributed by atoms with Gasteiger partial charge in [-0.2, -0.15) is 0 Å². The standard InChI is InChI=1S/C16H24N2O2S/c1-2-11-18(12-10-15(17)21)16(19)9-6-13-20-14-7-4-3-5-8-14/h3-5,7-8H,2,6,9-13H2,1H3,(H2,17,21). The average molecular weight is 308 g/mol. The van der Waals surface area contributed by atoms with Gasteiger partial charge < -0.3 is 15.4 Å². The summed E-state index contributed by atoms with van der Waals surface area (Å²) in [7, 11) is 0. The van der Waals surface area contributed by atoms with Crippen molar-refractivity contribution in [1.29, 1.82) is 0 Å². The molecular weight excluding hydrogens is 284 g/mol. The highest BCUT2D eigenvalue weighted by Crippen LogP contribution is 2.09. The van der Waals surface area contributed by atoms with Gasteiger partial charge in [-0.15, -0.1) is 0 Å². The molecule has 4 nitrogen and oxygen atoms in total. The van der Waals surface area contributed by atoms with Gasteiger partial charge in [0.1, 0.15) is 5.75 Å². The Labute approximate surface area is 132 Å². The molecule has 0 heterocycles. The molecule has 0 fully saturated rings. The van der Waals surface area contributed by atoms with Crippen LogP contribution in [-0.2, 0) is 4.79 Å². The molecule has 0 aliphatic heterocycles. The molecule has 1 aromatic carbocycles. The number of para-hydroxylation sites is 1.